The zero-order chi connectivity index (χ0) is 14.7. The van der Waals surface area contributed by atoms with Crippen molar-refractivity contribution >= 4 is 0 Å². The highest BCUT2D eigenvalue weighted by Gasteiger charge is 2.18. The van der Waals surface area contributed by atoms with Gasteiger partial charge in [-0.3, -0.25) is 0 Å². The lowest BCUT2D eigenvalue weighted by Crippen LogP contribution is -2.22. The molecule has 2 aromatic rings. The summed E-state index contributed by atoms with van der Waals surface area (Å²) in [6.45, 7) is 5.47. The van der Waals surface area contributed by atoms with E-state index in [1.54, 1.807) is 12.3 Å². The second kappa shape index (κ2) is 6.05. The minimum Gasteiger partial charge on any atom is -0.485 e. The molecular formula is C15H18N2O4. The molecule has 0 saturated heterocycles. The van der Waals surface area contributed by atoms with Crippen LogP contribution in [0.1, 0.15) is 25.2 Å². The smallest absolute Gasteiger partial charge is 0.231 e. The molecule has 1 aliphatic heterocycles. The fourth-order valence-electron chi connectivity index (χ4n) is 2.02. The number of rotatable bonds is 6. The van der Waals surface area contributed by atoms with Crippen molar-refractivity contribution in [2.75, 3.05) is 6.79 Å². The molecule has 1 aliphatic rings. The van der Waals surface area contributed by atoms with Crippen LogP contribution in [0.2, 0.25) is 0 Å². The Balaban J connectivity index is 1.78. The van der Waals surface area contributed by atoms with E-state index in [-0.39, 0.29) is 6.79 Å². The van der Waals surface area contributed by atoms with Crippen LogP contribution in [0.4, 0.5) is 0 Å². The number of hydrogen-bond donors (Lipinski definition) is 1. The first-order valence-electron chi connectivity index (χ1n) is 6.90. The van der Waals surface area contributed by atoms with Gasteiger partial charge >= 0.3 is 0 Å². The first-order valence-corrected chi connectivity index (χ1v) is 6.90. The molecule has 3 rings (SSSR count). The highest BCUT2D eigenvalue weighted by Crippen LogP contribution is 2.38. The third-order valence-corrected chi connectivity index (χ3v) is 3.12. The lowest BCUT2D eigenvalue weighted by atomic mass is 10.1. The van der Waals surface area contributed by atoms with Crippen molar-refractivity contribution in [1.29, 1.82) is 0 Å². The first kappa shape index (κ1) is 13.8. The molecule has 0 radical (unpaired) electrons. The molecule has 6 nitrogen and oxygen atoms in total. The van der Waals surface area contributed by atoms with Gasteiger partial charge in [-0.1, -0.05) is 19.0 Å². The summed E-state index contributed by atoms with van der Waals surface area (Å²) in [5, 5.41) is 7.04. The number of nitrogens with one attached hydrogen (secondary N) is 1. The van der Waals surface area contributed by atoms with Crippen LogP contribution in [0, 0.1) is 0 Å². The lowest BCUT2D eigenvalue weighted by molar-refractivity contribution is 0.173. The molecule has 0 saturated carbocycles. The van der Waals surface area contributed by atoms with Gasteiger partial charge in [0.2, 0.25) is 6.79 Å². The molecule has 0 spiro atoms. The van der Waals surface area contributed by atoms with Crippen molar-refractivity contribution < 1.29 is 18.7 Å². The Kier molecular flexibility index (Phi) is 3.96. The second-order valence-corrected chi connectivity index (χ2v) is 5.12. The van der Waals surface area contributed by atoms with E-state index in [0.29, 0.717) is 30.7 Å². The van der Waals surface area contributed by atoms with Gasteiger partial charge in [0.1, 0.15) is 12.4 Å². The van der Waals surface area contributed by atoms with Crippen LogP contribution in [0.15, 0.2) is 28.9 Å². The van der Waals surface area contributed by atoms with Crippen molar-refractivity contribution in [3.05, 3.63) is 35.7 Å². The predicted molar refractivity (Wildman–Crippen MR) is 75.4 cm³/mol. The summed E-state index contributed by atoms with van der Waals surface area (Å²) in [5.41, 5.74) is 1.02. The SMILES string of the molecule is CC(C)NCc1cc2c(cc1OCc1ccno1)OCO2. The van der Waals surface area contributed by atoms with Gasteiger partial charge in [-0.2, -0.15) is 0 Å². The molecule has 0 aliphatic carbocycles. The molecule has 0 fully saturated rings. The first-order chi connectivity index (χ1) is 10.2. The van der Waals surface area contributed by atoms with E-state index in [0.717, 1.165) is 17.1 Å². The molecule has 2 heterocycles. The standard InChI is InChI=1S/C15H18N2O4/c1-10(2)16-7-11-5-14-15(20-9-19-14)6-13(11)18-8-12-3-4-17-21-12/h3-6,10,16H,7-9H2,1-2H3. The summed E-state index contributed by atoms with van der Waals surface area (Å²) in [7, 11) is 0. The Morgan fingerprint density at radius 3 is 2.81 bits per heavy atom. The molecule has 1 aromatic carbocycles. The number of ether oxygens (including phenoxy) is 3. The number of hydrogen-bond acceptors (Lipinski definition) is 6. The number of nitrogens with zero attached hydrogens (tertiary/aromatic N) is 1. The summed E-state index contributed by atoms with van der Waals surface area (Å²) >= 11 is 0. The molecule has 0 atom stereocenters. The Labute approximate surface area is 123 Å². The highest BCUT2D eigenvalue weighted by molar-refractivity contribution is 5.51. The molecular weight excluding hydrogens is 272 g/mol. The Morgan fingerprint density at radius 2 is 2.10 bits per heavy atom. The van der Waals surface area contributed by atoms with E-state index in [1.807, 2.05) is 12.1 Å². The number of benzene rings is 1. The average Bonchev–Trinajstić information content (AvgIpc) is 3.12. The predicted octanol–water partition coefficient (Wildman–Crippen LogP) is 2.48. The summed E-state index contributed by atoms with van der Waals surface area (Å²) < 4.78 is 21.7. The largest absolute Gasteiger partial charge is 0.485 e. The molecule has 6 heteroatoms. The van der Waals surface area contributed by atoms with Crippen molar-refractivity contribution in [3.8, 4) is 17.2 Å². The molecule has 1 aromatic heterocycles. The topological polar surface area (TPSA) is 65.8 Å². The van der Waals surface area contributed by atoms with E-state index in [4.69, 9.17) is 18.7 Å². The quantitative estimate of drug-likeness (QED) is 0.881. The van der Waals surface area contributed by atoms with E-state index in [9.17, 15) is 0 Å². The van der Waals surface area contributed by atoms with E-state index < -0.39 is 0 Å². The minimum atomic E-state index is 0.248. The van der Waals surface area contributed by atoms with Gasteiger partial charge < -0.3 is 24.1 Å². The number of fused-ring (bicyclic) bond motifs is 1. The molecule has 1 N–H and O–H groups in total. The van der Waals surface area contributed by atoms with E-state index >= 15 is 0 Å². The van der Waals surface area contributed by atoms with Gasteiger partial charge in [0, 0.05) is 30.3 Å². The Bertz CT molecular complexity index is 596. The molecule has 0 amide bonds. The maximum absolute atomic E-state index is 5.83. The van der Waals surface area contributed by atoms with Crippen LogP contribution in [-0.4, -0.2) is 18.0 Å². The average molecular weight is 290 g/mol. The third-order valence-electron chi connectivity index (χ3n) is 3.12. The fourth-order valence-corrected chi connectivity index (χ4v) is 2.02. The van der Waals surface area contributed by atoms with Gasteiger partial charge in [-0.15, -0.1) is 0 Å². The highest BCUT2D eigenvalue weighted by atomic mass is 16.7. The van der Waals surface area contributed by atoms with Gasteiger partial charge in [-0.05, 0) is 6.07 Å². The molecule has 21 heavy (non-hydrogen) atoms. The normalized spacial score (nSPS) is 12.9. The maximum Gasteiger partial charge on any atom is 0.231 e. The zero-order valence-electron chi connectivity index (χ0n) is 12.1. The van der Waals surface area contributed by atoms with Crippen LogP contribution in [-0.2, 0) is 13.2 Å². The van der Waals surface area contributed by atoms with Gasteiger partial charge in [0.15, 0.2) is 17.3 Å². The van der Waals surface area contributed by atoms with E-state index in [1.165, 1.54) is 0 Å². The van der Waals surface area contributed by atoms with Gasteiger partial charge in [-0.25, -0.2) is 0 Å². The van der Waals surface area contributed by atoms with E-state index in [2.05, 4.69) is 24.3 Å². The van der Waals surface area contributed by atoms with Crippen LogP contribution >= 0.6 is 0 Å². The minimum absolute atomic E-state index is 0.248. The fraction of sp³-hybridized carbons (Fsp3) is 0.400. The van der Waals surface area contributed by atoms with Crippen molar-refractivity contribution in [1.82, 2.24) is 10.5 Å². The second-order valence-electron chi connectivity index (χ2n) is 5.12. The molecule has 0 unspecified atom stereocenters. The Hall–Kier alpha value is -2.21. The summed E-state index contributed by atoms with van der Waals surface area (Å²) in [5.74, 6) is 2.89. The zero-order valence-corrected chi connectivity index (χ0v) is 12.1. The van der Waals surface area contributed by atoms with Crippen LogP contribution in [0.3, 0.4) is 0 Å². The lowest BCUT2D eigenvalue weighted by Gasteiger charge is -2.14. The molecule has 0 bridgehead atoms. The summed E-state index contributed by atoms with van der Waals surface area (Å²) in [4.78, 5) is 0. The van der Waals surface area contributed by atoms with Crippen molar-refractivity contribution in [3.63, 3.8) is 0 Å². The van der Waals surface area contributed by atoms with Crippen LogP contribution < -0.4 is 19.5 Å². The Morgan fingerprint density at radius 1 is 1.29 bits per heavy atom. The van der Waals surface area contributed by atoms with Gasteiger partial charge in [0.25, 0.3) is 0 Å². The van der Waals surface area contributed by atoms with Crippen molar-refractivity contribution in [2.24, 2.45) is 0 Å². The summed E-state index contributed by atoms with van der Waals surface area (Å²) in [6.07, 6.45) is 1.60. The monoisotopic (exact) mass is 290 g/mol. The number of aromatic nitrogens is 1. The van der Waals surface area contributed by atoms with Crippen LogP contribution in [0.5, 0.6) is 17.2 Å². The van der Waals surface area contributed by atoms with Crippen LogP contribution in [0.25, 0.3) is 0 Å². The maximum atomic E-state index is 5.83. The van der Waals surface area contributed by atoms with Crippen molar-refractivity contribution in [2.45, 2.75) is 33.0 Å². The summed E-state index contributed by atoms with van der Waals surface area (Å²) in [6, 6.07) is 5.97. The van der Waals surface area contributed by atoms with Gasteiger partial charge in [0.05, 0.1) is 6.20 Å². The third kappa shape index (κ3) is 3.28. The molecule has 112 valence electrons.